The molecule has 0 fully saturated rings. The predicted molar refractivity (Wildman–Crippen MR) is 60.3 cm³/mol. The van der Waals surface area contributed by atoms with E-state index in [2.05, 4.69) is 41.9 Å². The first-order chi connectivity index (χ1) is 6.43. The van der Waals surface area contributed by atoms with Crippen molar-refractivity contribution < 1.29 is 0 Å². The molecule has 0 unspecified atom stereocenters. The number of hydrogen-bond acceptors (Lipinski definition) is 2. The van der Waals surface area contributed by atoms with E-state index < -0.39 is 0 Å². The molecule has 0 amide bonds. The fraction of sp³-hybridized carbons (Fsp3) is 0.455. The second-order valence-corrected chi connectivity index (χ2v) is 3.97. The van der Waals surface area contributed by atoms with Crippen molar-refractivity contribution in [2.75, 3.05) is 13.1 Å². The Labute approximate surface area is 84.5 Å². The van der Waals surface area contributed by atoms with Gasteiger partial charge < -0.3 is 5.32 Å². The molecule has 2 heteroatoms. The van der Waals surface area contributed by atoms with Crippen molar-refractivity contribution in [2.24, 2.45) is 0 Å². The van der Waals surface area contributed by atoms with Crippen molar-refractivity contribution >= 4 is 11.3 Å². The zero-order chi connectivity index (χ0) is 9.36. The SMILES string of the molecule is C/C=C/CCNCCc1cccs1. The molecule has 0 radical (unpaired) electrons. The molecule has 1 aromatic heterocycles. The molecule has 0 aliphatic rings. The summed E-state index contributed by atoms with van der Waals surface area (Å²) in [5, 5.41) is 5.55. The minimum Gasteiger partial charge on any atom is -0.316 e. The highest BCUT2D eigenvalue weighted by atomic mass is 32.1. The van der Waals surface area contributed by atoms with Crippen LogP contribution in [-0.4, -0.2) is 13.1 Å². The molecule has 1 rings (SSSR count). The molecule has 0 aliphatic carbocycles. The van der Waals surface area contributed by atoms with E-state index >= 15 is 0 Å². The number of thiophene rings is 1. The highest BCUT2D eigenvalue weighted by Gasteiger charge is 1.91. The molecule has 72 valence electrons. The molecule has 1 nitrogen and oxygen atoms in total. The molecule has 1 heterocycles. The zero-order valence-electron chi connectivity index (χ0n) is 8.12. The van der Waals surface area contributed by atoms with E-state index in [0.29, 0.717) is 0 Å². The summed E-state index contributed by atoms with van der Waals surface area (Å²) in [7, 11) is 0. The molecule has 0 spiro atoms. The predicted octanol–water partition coefficient (Wildman–Crippen LogP) is 2.85. The first-order valence-electron chi connectivity index (χ1n) is 4.77. The molecular formula is C11H17NS. The summed E-state index contributed by atoms with van der Waals surface area (Å²) < 4.78 is 0. The van der Waals surface area contributed by atoms with Crippen molar-refractivity contribution in [3.05, 3.63) is 34.5 Å². The van der Waals surface area contributed by atoms with E-state index in [-0.39, 0.29) is 0 Å². The lowest BCUT2D eigenvalue weighted by atomic mass is 10.3. The Balaban J connectivity index is 1.96. The highest BCUT2D eigenvalue weighted by molar-refractivity contribution is 7.09. The van der Waals surface area contributed by atoms with Crippen LogP contribution < -0.4 is 5.32 Å². The van der Waals surface area contributed by atoms with Crippen LogP contribution >= 0.6 is 11.3 Å². The van der Waals surface area contributed by atoms with Crippen LogP contribution in [0.15, 0.2) is 29.7 Å². The summed E-state index contributed by atoms with van der Waals surface area (Å²) in [6.07, 6.45) is 6.59. The van der Waals surface area contributed by atoms with Crippen molar-refractivity contribution in [1.29, 1.82) is 0 Å². The largest absolute Gasteiger partial charge is 0.316 e. The first kappa shape index (κ1) is 10.5. The van der Waals surface area contributed by atoms with Crippen LogP contribution in [0.5, 0.6) is 0 Å². The van der Waals surface area contributed by atoms with E-state index in [0.717, 1.165) is 25.9 Å². The molecule has 1 N–H and O–H groups in total. The van der Waals surface area contributed by atoms with Gasteiger partial charge in [0.2, 0.25) is 0 Å². The van der Waals surface area contributed by atoms with Crippen LogP contribution in [0.25, 0.3) is 0 Å². The van der Waals surface area contributed by atoms with Crippen LogP contribution in [-0.2, 0) is 6.42 Å². The molecule has 13 heavy (non-hydrogen) atoms. The van der Waals surface area contributed by atoms with E-state index in [1.807, 2.05) is 11.3 Å². The quantitative estimate of drug-likeness (QED) is 0.543. The van der Waals surface area contributed by atoms with Crippen LogP contribution in [0.4, 0.5) is 0 Å². The minimum absolute atomic E-state index is 1.09. The van der Waals surface area contributed by atoms with Gasteiger partial charge >= 0.3 is 0 Å². The minimum atomic E-state index is 1.09. The molecule has 0 atom stereocenters. The van der Waals surface area contributed by atoms with E-state index in [9.17, 15) is 0 Å². The Kier molecular flexibility index (Phi) is 5.54. The van der Waals surface area contributed by atoms with Gasteiger partial charge in [0.15, 0.2) is 0 Å². The first-order valence-corrected chi connectivity index (χ1v) is 5.65. The second-order valence-electron chi connectivity index (χ2n) is 2.94. The topological polar surface area (TPSA) is 12.0 Å². The summed E-state index contributed by atoms with van der Waals surface area (Å²) in [5.41, 5.74) is 0. The second kappa shape index (κ2) is 6.87. The Hall–Kier alpha value is -0.600. The number of hydrogen-bond donors (Lipinski definition) is 1. The van der Waals surface area contributed by atoms with Crippen molar-refractivity contribution in [1.82, 2.24) is 5.32 Å². The van der Waals surface area contributed by atoms with Crippen molar-refractivity contribution in [2.45, 2.75) is 19.8 Å². The third kappa shape index (κ3) is 4.86. The lowest BCUT2D eigenvalue weighted by molar-refractivity contribution is 0.692. The van der Waals surface area contributed by atoms with Crippen LogP contribution in [0.1, 0.15) is 18.2 Å². The summed E-state index contributed by atoms with van der Waals surface area (Å²) in [6.45, 7) is 4.25. The van der Waals surface area contributed by atoms with Gasteiger partial charge in [0.1, 0.15) is 0 Å². The maximum Gasteiger partial charge on any atom is 0.00578 e. The van der Waals surface area contributed by atoms with Crippen LogP contribution in [0.2, 0.25) is 0 Å². The fourth-order valence-corrected chi connectivity index (χ4v) is 1.85. The third-order valence-corrected chi connectivity index (χ3v) is 2.79. The van der Waals surface area contributed by atoms with Gasteiger partial charge in [0.25, 0.3) is 0 Å². The molecular weight excluding hydrogens is 178 g/mol. The maximum absolute atomic E-state index is 3.41. The lowest BCUT2D eigenvalue weighted by Crippen LogP contribution is -2.17. The third-order valence-electron chi connectivity index (χ3n) is 1.85. The van der Waals surface area contributed by atoms with Crippen molar-refractivity contribution in [3.63, 3.8) is 0 Å². The van der Waals surface area contributed by atoms with Gasteiger partial charge in [-0.1, -0.05) is 18.2 Å². The normalized spacial score (nSPS) is 11.2. The number of rotatable bonds is 6. The standard InChI is InChI=1S/C11H17NS/c1-2-3-4-8-12-9-7-11-6-5-10-13-11/h2-3,5-6,10,12H,4,7-9H2,1H3/b3-2+. The zero-order valence-corrected chi connectivity index (χ0v) is 8.94. The van der Waals surface area contributed by atoms with Gasteiger partial charge in [-0.3, -0.25) is 0 Å². The molecule has 1 aromatic rings. The van der Waals surface area contributed by atoms with E-state index in [1.165, 1.54) is 4.88 Å². The summed E-state index contributed by atoms with van der Waals surface area (Å²) in [5.74, 6) is 0. The molecule has 0 saturated carbocycles. The Morgan fingerprint density at radius 1 is 1.46 bits per heavy atom. The highest BCUT2D eigenvalue weighted by Crippen LogP contribution is 2.07. The number of nitrogens with one attached hydrogen (secondary N) is 1. The average Bonchev–Trinajstić information content (AvgIpc) is 2.63. The smallest absolute Gasteiger partial charge is 0.00578 e. The number of allylic oxidation sites excluding steroid dienone is 1. The summed E-state index contributed by atoms with van der Waals surface area (Å²) >= 11 is 1.84. The summed E-state index contributed by atoms with van der Waals surface area (Å²) in [6, 6.07) is 4.30. The Morgan fingerprint density at radius 2 is 2.38 bits per heavy atom. The molecule has 0 aromatic carbocycles. The van der Waals surface area contributed by atoms with Gasteiger partial charge in [0, 0.05) is 4.88 Å². The van der Waals surface area contributed by atoms with Crippen LogP contribution in [0, 0.1) is 0 Å². The van der Waals surface area contributed by atoms with Gasteiger partial charge in [-0.2, -0.15) is 0 Å². The Bertz CT molecular complexity index is 226. The molecule has 0 aliphatic heterocycles. The summed E-state index contributed by atoms with van der Waals surface area (Å²) in [4.78, 5) is 1.47. The fourth-order valence-electron chi connectivity index (χ4n) is 1.14. The Morgan fingerprint density at radius 3 is 3.08 bits per heavy atom. The van der Waals surface area contributed by atoms with Gasteiger partial charge in [0.05, 0.1) is 0 Å². The van der Waals surface area contributed by atoms with Gasteiger partial charge in [-0.15, -0.1) is 11.3 Å². The van der Waals surface area contributed by atoms with E-state index in [1.54, 1.807) is 0 Å². The molecule has 0 saturated heterocycles. The van der Waals surface area contributed by atoms with Gasteiger partial charge in [-0.25, -0.2) is 0 Å². The molecule has 0 bridgehead atoms. The average molecular weight is 195 g/mol. The van der Waals surface area contributed by atoms with Crippen LogP contribution in [0.3, 0.4) is 0 Å². The lowest BCUT2D eigenvalue weighted by Gasteiger charge is -2.00. The van der Waals surface area contributed by atoms with Crippen molar-refractivity contribution in [3.8, 4) is 0 Å². The monoisotopic (exact) mass is 195 g/mol. The van der Waals surface area contributed by atoms with Gasteiger partial charge in [-0.05, 0) is 44.3 Å². The maximum atomic E-state index is 3.41. The van der Waals surface area contributed by atoms with E-state index in [4.69, 9.17) is 0 Å².